The Balaban J connectivity index is 2.21. The van der Waals surface area contributed by atoms with Gasteiger partial charge in [-0.05, 0) is 37.0 Å². The molecule has 1 aliphatic heterocycles. The summed E-state index contributed by atoms with van der Waals surface area (Å²) in [5.74, 6) is 5.57. The zero-order valence-corrected chi connectivity index (χ0v) is 11.7. The molecule has 0 aromatic heterocycles. The number of hydrogen-bond acceptors (Lipinski definition) is 4. The number of nitrogens with two attached hydrogens (primary N) is 1. The molecule has 1 aliphatic rings. The van der Waals surface area contributed by atoms with Crippen molar-refractivity contribution in [2.24, 2.45) is 5.84 Å². The Hall–Kier alpha value is -1.13. The predicted molar refractivity (Wildman–Crippen MR) is 81.4 cm³/mol. The van der Waals surface area contributed by atoms with E-state index in [1.807, 2.05) is 0 Å². The highest BCUT2D eigenvalue weighted by Crippen LogP contribution is 2.25. The van der Waals surface area contributed by atoms with Crippen molar-refractivity contribution in [3.8, 4) is 0 Å². The quantitative estimate of drug-likeness (QED) is 0.444. The first-order valence-corrected chi connectivity index (χ1v) is 6.95. The second kappa shape index (κ2) is 6.16. The predicted octanol–water partition coefficient (Wildman–Crippen LogP) is 2.76. The lowest BCUT2D eigenvalue weighted by Crippen LogP contribution is -2.21. The highest BCUT2D eigenvalue weighted by atomic mass is 32.1. The first-order chi connectivity index (χ1) is 8.76. The monoisotopic (exact) mass is 263 g/mol. The Labute approximate surface area is 114 Å². The molecule has 3 N–H and O–H groups in total. The van der Waals surface area contributed by atoms with Crippen molar-refractivity contribution in [2.45, 2.75) is 26.2 Å². The van der Waals surface area contributed by atoms with Gasteiger partial charge in [0, 0.05) is 23.7 Å². The first kappa shape index (κ1) is 13.3. The molecule has 0 saturated carbocycles. The van der Waals surface area contributed by atoms with Crippen molar-refractivity contribution in [1.82, 2.24) is 5.43 Å². The van der Waals surface area contributed by atoms with Crippen LogP contribution in [0.15, 0.2) is 29.2 Å². The lowest BCUT2D eigenvalue weighted by Gasteiger charge is -2.18. The number of thiol groups is 1. The third-order valence-corrected chi connectivity index (χ3v) is 3.93. The average molecular weight is 263 g/mol. The second-order valence-electron chi connectivity index (χ2n) is 4.56. The van der Waals surface area contributed by atoms with Crippen LogP contribution in [-0.2, 0) is 0 Å². The van der Waals surface area contributed by atoms with Crippen LogP contribution in [0, 0.1) is 0 Å². The van der Waals surface area contributed by atoms with E-state index in [9.17, 15) is 0 Å². The van der Waals surface area contributed by atoms with E-state index >= 15 is 0 Å². The Bertz CT molecular complexity index is 419. The zero-order valence-electron chi connectivity index (χ0n) is 10.8. The van der Waals surface area contributed by atoms with Gasteiger partial charge in [-0.25, -0.2) is 0 Å². The molecule has 0 amide bonds. The third kappa shape index (κ3) is 2.82. The maximum Gasteiger partial charge on any atom is 0.0650 e. The molecule has 98 valence electrons. The fourth-order valence-corrected chi connectivity index (χ4v) is 2.52. The van der Waals surface area contributed by atoms with Crippen LogP contribution in [0.5, 0.6) is 0 Å². The first-order valence-electron chi connectivity index (χ1n) is 6.50. The van der Waals surface area contributed by atoms with Crippen LogP contribution in [0.4, 0.5) is 5.69 Å². The van der Waals surface area contributed by atoms with Crippen molar-refractivity contribution in [3.63, 3.8) is 0 Å². The second-order valence-corrected chi connectivity index (χ2v) is 5.10. The molecule has 1 aromatic rings. The van der Waals surface area contributed by atoms with Crippen molar-refractivity contribution in [1.29, 1.82) is 0 Å². The van der Waals surface area contributed by atoms with Gasteiger partial charge >= 0.3 is 0 Å². The van der Waals surface area contributed by atoms with Gasteiger partial charge in [0.2, 0.25) is 0 Å². The Morgan fingerprint density at radius 3 is 2.39 bits per heavy atom. The highest BCUT2D eigenvalue weighted by molar-refractivity contribution is 7.84. The lowest BCUT2D eigenvalue weighted by atomic mass is 10.1. The summed E-state index contributed by atoms with van der Waals surface area (Å²) in [6, 6.07) is 8.53. The van der Waals surface area contributed by atoms with Gasteiger partial charge in [0.05, 0.1) is 5.70 Å². The number of allylic oxidation sites excluding steroid dienone is 1. The van der Waals surface area contributed by atoms with E-state index in [-0.39, 0.29) is 0 Å². The number of hydrazine groups is 1. The normalized spacial score (nSPS) is 16.7. The molecule has 1 heterocycles. The molecule has 1 saturated heterocycles. The minimum Gasteiger partial charge on any atom is -0.372 e. The summed E-state index contributed by atoms with van der Waals surface area (Å²) in [6.07, 6.45) is 3.47. The molecule has 3 nitrogen and oxygen atoms in total. The summed E-state index contributed by atoms with van der Waals surface area (Å²) in [6.45, 7) is 4.41. The average Bonchev–Trinajstić information content (AvgIpc) is 2.94. The van der Waals surface area contributed by atoms with Crippen LogP contribution in [0.3, 0.4) is 0 Å². The van der Waals surface area contributed by atoms with Crippen molar-refractivity contribution >= 4 is 24.0 Å². The van der Waals surface area contributed by atoms with Gasteiger partial charge in [0.15, 0.2) is 0 Å². The summed E-state index contributed by atoms with van der Waals surface area (Å²) in [5, 5.41) is 0. The molecule has 0 spiro atoms. The van der Waals surface area contributed by atoms with Gasteiger partial charge in [0.1, 0.15) is 0 Å². The fourth-order valence-electron chi connectivity index (χ4n) is 2.32. The van der Waals surface area contributed by atoms with Crippen LogP contribution in [0.25, 0.3) is 5.70 Å². The Morgan fingerprint density at radius 2 is 1.89 bits per heavy atom. The van der Waals surface area contributed by atoms with Gasteiger partial charge in [-0.3, -0.25) is 5.84 Å². The molecule has 4 heteroatoms. The fraction of sp³-hybridized carbons (Fsp3) is 0.429. The third-order valence-electron chi connectivity index (χ3n) is 3.39. The molecule has 0 radical (unpaired) electrons. The van der Waals surface area contributed by atoms with Crippen molar-refractivity contribution in [2.75, 3.05) is 18.0 Å². The lowest BCUT2D eigenvalue weighted by molar-refractivity contribution is 0.949. The maximum absolute atomic E-state index is 5.57. The molecule has 18 heavy (non-hydrogen) atoms. The van der Waals surface area contributed by atoms with Gasteiger partial charge in [-0.1, -0.05) is 19.1 Å². The van der Waals surface area contributed by atoms with Gasteiger partial charge in [-0.15, -0.1) is 12.6 Å². The van der Waals surface area contributed by atoms with E-state index in [4.69, 9.17) is 5.84 Å². The molecular weight excluding hydrogens is 242 g/mol. The molecule has 0 bridgehead atoms. The molecule has 1 fully saturated rings. The standard InChI is InChI=1S/C14H21N3S/c1-2-13(18)14(16-15)11-5-7-12(8-6-11)17-9-3-4-10-17/h5-8,16,18H,2-4,9-10,15H2,1H3/b14-13-. The zero-order chi connectivity index (χ0) is 13.0. The van der Waals surface area contributed by atoms with Gasteiger partial charge in [0.25, 0.3) is 0 Å². The minimum atomic E-state index is 0.872. The summed E-state index contributed by atoms with van der Waals surface area (Å²) in [7, 11) is 0. The summed E-state index contributed by atoms with van der Waals surface area (Å²) in [4.78, 5) is 3.40. The van der Waals surface area contributed by atoms with E-state index in [1.165, 1.54) is 31.6 Å². The van der Waals surface area contributed by atoms with E-state index in [0.717, 1.165) is 22.6 Å². The van der Waals surface area contributed by atoms with Gasteiger partial charge in [-0.2, -0.15) is 0 Å². The molecule has 1 aromatic carbocycles. The number of benzene rings is 1. The maximum atomic E-state index is 5.57. The minimum absolute atomic E-state index is 0.872. The topological polar surface area (TPSA) is 41.3 Å². The van der Waals surface area contributed by atoms with E-state index in [2.05, 4.69) is 54.1 Å². The SMILES string of the molecule is CC/C(S)=C(/NN)c1ccc(N2CCCC2)cc1. The summed E-state index contributed by atoms with van der Waals surface area (Å²) in [5.41, 5.74) is 6.04. The molecule has 0 atom stereocenters. The highest BCUT2D eigenvalue weighted by Gasteiger charge is 2.12. The van der Waals surface area contributed by atoms with Crippen LogP contribution >= 0.6 is 12.6 Å². The molecule has 2 rings (SSSR count). The molecule has 0 aliphatic carbocycles. The molecular formula is C14H21N3S. The van der Waals surface area contributed by atoms with Crippen molar-refractivity contribution < 1.29 is 0 Å². The number of nitrogens with one attached hydrogen (secondary N) is 1. The van der Waals surface area contributed by atoms with Crippen LogP contribution in [0.2, 0.25) is 0 Å². The van der Waals surface area contributed by atoms with E-state index in [1.54, 1.807) is 0 Å². The van der Waals surface area contributed by atoms with Gasteiger partial charge < -0.3 is 10.3 Å². The summed E-state index contributed by atoms with van der Waals surface area (Å²) >= 11 is 4.46. The van der Waals surface area contributed by atoms with Crippen LogP contribution in [-0.4, -0.2) is 13.1 Å². The number of rotatable bonds is 4. The number of anilines is 1. The number of nitrogens with zero attached hydrogens (tertiary/aromatic N) is 1. The Kier molecular flexibility index (Phi) is 4.55. The smallest absolute Gasteiger partial charge is 0.0650 e. The largest absolute Gasteiger partial charge is 0.372 e. The number of hydrogen-bond donors (Lipinski definition) is 3. The van der Waals surface area contributed by atoms with Crippen molar-refractivity contribution in [3.05, 3.63) is 34.7 Å². The van der Waals surface area contributed by atoms with E-state index in [0.29, 0.717) is 0 Å². The van der Waals surface area contributed by atoms with Crippen LogP contribution < -0.4 is 16.2 Å². The summed E-state index contributed by atoms with van der Waals surface area (Å²) < 4.78 is 0. The Morgan fingerprint density at radius 1 is 1.28 bits per heavy atom. The van der Waals surface area contributed by atoms with E-state index < -0.39 is 0 Å². The molecule has 0 unspecified atom stereocenters. The van der Waals surface area contributed by atoms with Crippen LogP contribution in [0.1, 0.15) is 31.7 Å².